The van der Waals surface area contributed by atoms with Crippen molar-refractivity contribution in [2.45, 2.75) is 6.43 Å². The van der Waals surface area contributed by atoms with E-state index in [1.165, 1.54) is 7.11 Å². The van der Waals surface area contributed by atoms with Gasteiger partial charge in [-0.25, -0.2) is 13.8 Å². The summed E-state index contributed by atoms with van der Waals surface area (Å²) >= 11 is 5.54. The summed E-state index contributed by atoms with van der Waals surface area (Å²) in [7, 11) is 1.21. The highest BCUT2D eigenvalue weighted by Crippen LogP contribution is 2.34. The zero-order chi connectivity index (χ0) is 10.7. The minimum Gasteiger partial charge on any atom is -0.493 e. The average molecular weight is 219 g/mol. The zero-order valence-corrected chi connectivity index (χ0v) is 7.85. The van der Waals surface area contributed by atoms with Crippen molar-refractivity contribution >= 4 is 11.6 Å². The maximum atomic E-state index is 12.4. The van der Waals surface area contributed by atoms with Crippen molar-refractivity contribution < 1.29 is 13.5 Å². The molecule has 0 aliphatic carbocycles. The number of alkyl halides is 2. The number of pyridine rings is 1. The molecular formula is C8H5ClF2N2O. The van der Waals surface area contributed by atoms with E-state index in [1.54, 1.807) is 6.07 Å². The Morgan fingerprint density at radius 1 is 1.64 bits per heavy atom. The highest BCUT2D eigenvalue weighted by Gasteiger charge is 2.19. The highest BCUT2D eigenvalue weighted by molar-refractivity contribution is 6.31. The number of nitrogens with zero attached hydrogens (tertiary/aromatic N) is 2. The Morgan fingerprint density at radius 2 is 2.29 bits per heavy atom. The van der Waals surface area contributed by atoms with Gasteiger partial charge in [0.05, 0.1) is 12.7 Å². The number of rotatable bonds is 2. The second-order valence-corrected chi connectivity index (χ2v) is 2.69. The zero-order valence-electron chi connectivity index (χ0n) is 7.09. The number of ether oxygens (including phenoxy) is 1. The van der Waals surface area contributed by atoms with Crippen LogP contribution in [0.2, 0.25) is 5.15 Å². The van der Waals surface area contributed by atoms with E-state index in [-0.39, 0.29) is 16.6 Å². The van der Waals surface area contributed by atoms with Gasteiger partial charge in [0.2, 0.25) is 0 Å². The van der Waals surface area contributed by atoms with Crippen molar-refractivity contribution in [3.05, 3.63) is 22.5 Å². The fourth-order valence-corrected chi connectivity index (χ4v) is 1.22. The molecule has 0 fully saturated rings. The molecule has 0 unspecified atom stereocenters. The first-order valence-corrected chi connectivity index (χ1v) is 3.90. The molecule has 0 aliphatic heterocycles. The molecule has 0 aliphatic rings. The smallest absolute Gasteiger partial charge is 0.267 e. The van der Waals surface area contributed by atoms with Crippen molar-refractivity contribution in [2.24, 2.45) is 0 Å². The van der Waals surface area contributed by atoms with Gasteiger partial charge in [0.15, 0.2) is 10.9 Å². The second-order valence-electron chi connectivity index (χ2n) is 2.33. The molecule has 0 aromatic carbocycles. The van der Waals surface area contributed by atoms with Gasteiger partial charge in [0, 0.05) is 0 Å². The van der Waals surface area contributed by atoms with E-state index >= 15 is 0 Å². The van der Waals surface area contributed by atoms with Gasteiger partial charge in [0.25, 0.3) is 6.43 Å². The molecule has 0 radical (unpaired) electrons. The summed E-state index contributed by atoms with van der Waals surface area (Å²) < 4.78 is 29.5. The lowest BCUT2D eigenvalue weighted by Crippen LogP contribution is -1.97. The van der Waals surface area contributed by atoms with Gasteiger partial charge >= 0.3 is 0 Å². The first-order chi connectivity index (χ1) is 6.60. The third-order valence-corrected chi connectivity index (χ3v) is 1.77. The number of methoxy groups -OCH3 is 1. The van der Waals surface area contributed by atoms with E-state index in [1.807, 2.05) is 0 Å². The van der Waals surface area contributed by atoms with E-state index in [0.29, 0.717) is 0 Å². The fraction of sp³-hybridized carbons (Fsp3) is 0.250. The average Bonchev–Trinajstić information content (AvgIpc) is 2.16. The maximum Gasteiger partial charge on any atom is 0.267 e. The number of aromatic nitrogens is 1. The number of nitriles is 1. The minimum absolute atomic E-state index is 0.161. The van der Waals surface area contributed by atoms with Crippen molar-refractivity contribution in [3.63, 3.8) is 0 Å². The quantitative estimate of drug-likeness (QED) is 0.717. The van der Waals surface area contributed by atoms with Crippen molar-refractivity contribution in [2.75, 3.05) is 7.11 Å². The van der Waals surface area contributed by atoms with Crippen molar-refractivity contribution in [3.8, 4) is 11.8 Å². The van der Waals surface area contributed by atoms with Crippen LogP contribution in [-0.4, -0.2) is 12.1 Å². The van der Waals surface area contributed by atoms with Gasteiger partial charge in [-0.05, 0) is 6.07 Å². The summed E-state index contributed by atoms with van der Waals surface area (Å²) in [6.45, 7) is 0. The Hall–Kier alpha value is -1.41. The van der Waals surface area contributed by atoms with Crippen LogP contribution in [0.15, 0.2) is 6.07 Å². The van der Waals surface area contributed by atoms with Crippen LogP contribution >= 0.6 is 11.6 Å². The molecule has 0 saturated carbocycles. The summed E-state index contributed by atoms with van der Waals surface area (Å²) in [4.78, 5) is 3.55. The van der Waals surface area contributed by atoms with Gasteiger partial charge in [-0.2, -0.15) is 5.26 Å². The van der Waals surface area contributed by atoms with Crippen molar-refractivity contribution in [1.29, 1.82) is 5.26 Å². The van der Waals surface area contributed by atoms with Crippen LogP contribution in [0.1, 0.15) is 17.7 Å². The number of hydrogen-bond donors (Lipinski definition) is 0. The first kappa shape index (κ1) is 10.7. The van der Waals surface area contributed by atoms with E-state index in [4.69, 9.17) is 16.9 Å². The van der Waals surface area contributed by atoms with Crippen LogP contribution in [0.4, 0.5) is 8.78 Å². The monoisotopic (exact) mass is 218 g/mol. The third-order valence-electron chi connectivity index (χ3n) is 1.51. The van der Waals surface area contributed by atoms with E-state index in [2.05, 4.69) is 9.72 Å². The molecule has 0 amide bonds. The molecule has 0 N–H and O–H groups in total. The summed E-state index contributed by atoms with van der Waals surface area (Å²) in [5.74, 6) is -0.194. The largest absolute Gasteiger partial charge is 0.493 e. The molecule has 3 nitrogen and oxygen atoms in total. The molecule has 74 valence electrons. The van der Waals surface area contributed by atoms with Gasteiger partial charge < -0.3 is 4.74 Å². The lowest BCUT2D eigenvalue weighted by molar-refractivity contribution is 0.147. The van der Waals surface area contributed by atoms with Gasteiger partial charge in [-0.1, -0.05) is 11.6 Å². The van der Waals surface area contributed by atoms with Crippen LogP contribution in [-0.2, 0) is 0 Å². The number of hydrogen-bond acceptors (Lipinski definition) is 3. The second kappa shape index (κ2) is 4.20. The summed E-state index contributed by atoms with van der Waals surface area (Å²) in [6.07, 6.45) is -2.75. The molecular weight excluding hydrogens is 214 g/mol. The molecule has 1 aromatic rings. The van der Waals surface area contributed by atoms with Crippen LogP contribution in [0.3, 0.4) is 0 Å². The summed E-state index contributed by atoms with van der Waals surface area (Å²) in [5.41, 5.74) is -0.588. The fourth-order valence-electron chi connectivity index (χ4n) is 0.942. The molecule has 1 rings (SSSR count). The van der Waals surface area contributed by atoms with Gasteiger partial charge in [-0.15, -0.1) is 0 Å². The molecule has 1 heterocycles. The van der Waals surface area contributed by atoms with E-state index in [9.17, 15) is 8.78 Å². The standard InChI is InChI=1S/C8H5ClF2N2O/c1-14-6-5(8(10)11)2-4(3-12)13-7(6)9/h2,8H,1H3. The van der Waals surface area contributed by atoms with E-state index < -0.39 is 12.0 Å². The topological polar surface area (TPSA) is 45.9 Å². The van der Waals surface area contributed by atoms with Crippen LogP contribution < -0.4 is 4.74 Å². The third kappa shape index (κ3) is 1.91. The summed E-state index contributed by atoms with van der Waals surface area (Å²) in [5, 5.41) is 8.24. The predicted molar refractivity (Wildman–Crippen MR) is 45.5 cm³/mol. The van der Waals surface area contributed by atoms with Gasteiger partial charge in [-0.3, -0.25) is 0 Å². The Balaban J connectivity index is 3.37. The summed E-state index contributed by atoms with van der Waals surface area (Å²) in [6, 6.07) is 2.58. The molecule has 0 bridgehead atoms. The maximum absolute atomic E-state index is 12.4. The molecule has 6 heteroatoms. The predicted octanol–water partition coefficient (Wildman–Crippen LogP) is 2.55. The molecule has 0 saturated heterocycles. The Kier molecular flexibility index (Phi) is 3.20. The van der Waals surface area contributed by atoms with E-state index in [0.717, 1.165) is 6.07 Å². The Bertz CT molecular complexity index is 390. The van der Waals surface area contributed by atoms with Crippen LogP contribution in [0.5, 0.6) is 5.75 Å². The van der Waals surface area contributed by atoms with Crippen LogP contribution in [0.25, 0.3) is 0 Å². The Morgan fingerprint density at radius 3 is 2.71 bits per heavy atom. The lowest BCUT2D eigenvalue weighted by atomic mass is 10.2. The molecule has 1 aromatic heterocycles. The SMILES string of the molecule is COc1c(C(F)F)cc(C#N)nc1Cl. The van der Waals surface area contributed by atoms with Crippen LogP contribution in [0, 0.1) is 11.3 Å². The normalized spacial score (nSPS) is 10.0. The molecule has 0 spiro atoms. The number of halogens is 3. The minimum atomic E-state index is -2.75. The highest BCUT2D eigenvalue weighted by atomic mass is 35.5. The van der Waals surface area contributed by atoms with Crippen molar-refractivity contribution in [1.82, 2.24) is 4.98 Å². The molecule has 14 heavy (non-hydrogen) atoms. The Labute approximate surface area is 83.9 Å². The first-order valence-electron chi connectivity index (χ1n) is 3.52. The van der Waals surface area contributed by atoms with Gasteiger partial charge in [0.1, 0.15) is 11.8 Å². The lowest BCUT2D eigenvalue weighted by Gasteiger charge is -2.08. The molecule has 0 atom stereocenters.